The van der Waals surface area contributed by atoms with E-state index >= 15 is 0 Å². The number of nitrogens with zero attached hydrogens (tertiary/aromatic N) is 2. The Hall–Kier alpha value is -3.49. The van der Waals surface area contributed by atoms with E-state index in [1.807, 2.05) is 75.4 Å². The molecule has 202 valence electrons. The van der Waals surface area contributed by atoms with Crippen LogP contribution in [0.15, 0.2) is 83.8 Å². The van der Waals surface area contributed by atoms with E-state index in [0.717, 1.165) is 33.0 Å². The third-order valence-corrected chi connectivity index (χ3v) is 8.33. The van der Waals surface area contributed by atoms with Gasteiger partial charge in [0.1, 0.15) is 6.04 Å². The molecule has 1 unspecified atom stereocenters. The number of hydrogen-bond donors (Lipinski definition) is 1. The molecule has 8 heteroatoms. The van der Waals surface area contributed by atoms with Crippen molar-refractivity contribution in [3.63, 3.8) is 0 Å². The van der Waals surface area contributed by atoms with Crippen LogP contribution in [0.2, 0.25) is 0 Å². The highest BCUT2D eigenvalue weighted by molar-refractivity contribution is 7.89. The van der Waals surface area contributed by atoms with E-state index in [1.54, 1.807) is 12.1 Å². The van der Waals surface area contributed by atoms with Gasteiger partial charge in [-0.3, -0.25) is 9.59 Å². The summed E-state index contributed by atoms with van der Waals surface area (Å²) in [6, 6.07) is 22.9. The van der Waals surface area contributed by atoms with E-state index in [0.29, 0.717) is 13.0 Å². The average molecular weight is 536 g/mol. The maximum absolute atomic E-state index is 13.9. The molecule has 3 aromatic carbocycles. The first-order valence-electron chi connectivity index (χ1n) is 12.8. The molecule has 0 fully saturated rings. The number of benzene rings is 3. The monoisotopic (exact) mass is 535 g/mol. The van der Waals surface area contributed by atoms with Crippen LogP contribution in [0.5, 0.6) is 0 Å². The van der Waals surface area contributed by atoms with Crippen LogP contribution in [0, 0.1) is 13.8 Å². The Kier molecular flexibility index (Phi) is 10.2. The molecule has 0 radical (unpaired) electrons. The van der Waals surface area contributed by atoms with E-state index in [9.17, 15) is 18.0 Å². The van der Waals surface area contributed by atoms with Crippen molar-refractivity contribution in [1.29, 1.82) is 0 Å². The maximum atomic E-state index is 13.9. The third-order valence-electron chi connectivity index (χ3n) is 6.51. The van der Waals surface area contributed by atoms with Gasteiger partial charge in [-0.05, 0) is 49.1 Å². The summed E-state index contributed by atoms with van der Waals surface area (Å²) in [5.74, 6) is -0.708. The first kappa shape index (κ1) is 29.1. The first-order valence-corrected chi connectivity index (χ1v) is 14.3. The summed E-state index contributed by atoms with van der Waals surface area (Å²) in [7, 11) is -2.51. The fraction of sp³-hybridized carbons (Fsp3) is 0.333. The third kappa shape index (κ3) is 7.52. The van der Waals surface area contributed by atoms with Gasteiger partial charge in [-0.15, -0.1) is 0 Å². The van der Waals surface area contributed by atoms with Gasteiger partial charge in [-0.2, -0.15) is 4.31 Å². The minimum Gasteiger partial charge on any atom is -0.354 e. The van der Waals surface area contributed by atoms with E-state index in [1.165, 1.54) is 24.1 Å². The number of nitrogens with one attached hydrogen (secondary N) is 1. The Morgan fingerprint density at radius 1 is 0.895 bits per heavy atom. The van der Waals surface area contributed by atoms with E-state index in [-0.39, 0.29) is 17.3 Å². The van der Waals surface area contributed by atoms with Crippen LogP contribution in [-0.2, 0) is 32.6 Å². The Bertz CT molecular complexity index is 1330. The second-order valence-corrected chi connectivity index (χ2v) is 11.6. The Morgan fingerprint density at radius 2 is 1.53 bits per heavy atom. The molecule has 0 heterocycles. The van der Waals surface area contributed by atoms with Crippen LogP contribution >= 0.6 is 0 Å². The zero-order valence-electron chi connectivity index (χ0n) is 22.6. The van der Waals surface area contributed by atoms with Crippen LogP contribution < -0.4 is 5.32 Å². The standard InChI is InChI=1S/C30H37N3O4S/c1-5-19-31-30(35)28(20-25-12-7-6-8-13-25)33(21-26-14-10-9-11-24(26)3)29(34)22-32(4)38(36,37)27-17-15-23(2)16-18-27/h6-18,28H,5,19-22H2,1-4H3,(H,31,35). The van der Waals surface area contributed by atoms with Crippen molar-refractivity contribution >= 4 is 21.8 Å². The lowest BCUT2D eigenvalue weighted by Gasteiger charge is -2.33. The van der Waals surface area contributed by atoms with Crippen molar-refractivity contribution in [2.45, 2.75) is 51.1 Å². The molecule has 1 N–H and O–H groups in total. The molecule has 3 aromatic rings. The first-order chi connectivity index (χ1) is 18.1. The Balaban J connectivity index is 1.97. The number of rotatable bonds is 12. The molecule has 7 nitrogen and oxygen atoms in total. The highest BCUT2D eigenvalue weighted by atomic mass is 32.2. The van der Waals surface area contributed by atoms with Crippen LogP contribution in [0.3, 0.4) is 0 Å². The summed E-state index contributed by atoms with van der Waals surface area (Å²) in [6.45, 7) is 6.07. The number of amides is 2. The van der Waals surface area contributed by atoms with Crippen molar-refractivity contribution in [2.24, 2.45) is 0 Å². The van der Waals surface area contributed by atoms with E-state index < -0.39 is 28.5 Å². The predicted octanol–water partition coefficient (Wildman–Crippen LogP) is 4.09. The zero-order chi connectivity index (χ0) is 27.7. The molecule has 0 aliphatic heterocycles. The zero-order valence-corrected chi connectivity index (χ0v) is 23.4. The largest absolute Gasteiger partial charge is 0.354 e. The minimum absolute atomic E-state index is 0.116. The molecule has 2 amide bonds. The fourth-order valence-corrected chi connectivity index (χ4v) is 5.27. The van der Waals surface area contributed by atoms with Crippen LogP contribution in [-0.4, -0.2) is 55.6 Å². The molecule has 0 aliphatic carbocycles. The summed E-state index contributed by atoms with van der Waals surface area (Å²) < 4.78 is 27.5. The summed E-state index contributed by atoms with van der Waals surface area (Å²) in [5, 5.41) is 2.94. The number of hydrogen-bond acceptors (Lipinski definition) is 4. The van der Waals surface area contributed by atoms with Crippen LogP contribution in [0.25, 0.3) is 0 Å². The predicted molar refractivity (Wildman–Crippen MR) is 150 cm³/mol. The van der Waals surface area contributed by atoms with Gasteiger partial charge in [0.25, 0.3) is 0 Å². The van der Waals surface area contributed by atoms with Crippen molar-refractivity contribution in [3.05, 3.63) is 101 Å². The lowest BCUT2D eigenvalue weighted by Crippen LogP contribution is -2.53. The molecule has 0 aromatic heterocycles. The molecule has 3 rings (SSSR count). The number of likely N-dealkylation sites (N-methyl/N-ethyl adjacent to an activating group) is 1. The van der Waals surface area contributed by atoms with Crippen LogP contribution in [0.1, 0.15) is 35.6 Å². The second-order valence-electron chi connectivity index (χ2n) is 9.52. The van der Waals surface area contributed by atoms with Gasteiger partial charge in [0.2, 0.25) is 21.8 Å². The molecular formula is C30H37N3O4S. The van der Waals surface area contributed by atoms with Gasteiger partial charge in [-0.1, -0.05) is 79.2 Å². The van der Waals surface area contributed by atoms with E-state index in [4.69, 9.17) is 0 Å². The number of carbonyl (C=O) groups excluding carboxylic acids is 2. The number of carbonyl (C=O) groups is 2. The molecular weight excluding hydrogens is 498 g/mol. The van der Waals surface area contributed by atoms with Crippen molar-refractivity contribution in [1.82, 2.24) is 14.5 Å². The molecule has 38 heavy (non-hydrogen) atoms. The number of aryl methyl sites for hydroxylation is 2. The Morgan fingerprint density at radius 3 is 2.16 bits per heavy atom. The van der Waals surface area contributed by atoms with Gasteiger partial charge in [0.15, 0.2) is 0 Å². The molecule has 0 saturated carbocycles. The molecule has 0 aliphatic rings. The maximum Gasteiger partial charge on any atom is 0.243 e. The smallest absolute Gasteiger partial charge is 0.243 e. The van der Waals surface area contributed by atoms with Crippen LogP contribution in [0.4, 0.5) is 0 Å². The van der Waals surface area contributed by atoms with Gasteiger partial charge in [0.05, 0.1) is 11.4 Å². The van der Waals surface area contributed by atoms with Gasteiger partial charge < -0.3 is 10.2 Å². The lowest BCUT2D eigenvalue weighted by atomic mass is 10.0. The van der Waals surface area contributed by atoms with E-state index in [2.05, 4.69) is 5.32 Å². The average Bonchev–Trinajstić information content (AvgIpc) is 2.91. The SMILES string of the molecule is CCCNC(=O)C(Cc1ccccc1)N(Cc1ccccc1C)C(=O)CN(C)S(=O)(=O)c1ccc(C)cc1. The molecule has 1 atom stereocenters. The van der Waals surface area contributed by atoms with Crippen molar-refractivity contribution in [3.8, 4) is 0 Å². The number of sulfonamides is 1. The topological polar surface area (TPSA) is 86.8 Å². The quantitative estimate of drug-likeness (QED) is 0.379. The van der Waals surface area contributed by atoms with Gasteiger partial charge >= 0.3 is 0 Å². The normalized spacial score (nSPS) is 12.2. The summed E-state index contributed by atoms with van der Waals surface area (Å²) in [5.41, 5.74) is 3.73. The summed E-state index contributed by atoms with van der Waals surface area (Å²) in [6.07, 6.45) is 1.06. The van der Waals surface area contributed by atoms with Crippen molar-refractivity contribution < 1.29 is 18.0 Å². The minimum atomic E-state index is -3.90. The highest BCUT2D eigenvalue weighted by Gasteiger charge is 2.33. The second kappa shape index (κ2) is 13.3. The van der Waals surface area contributed by atoms with Gasteiger partial charge in [0, 0.05) is 26.6 Å². The molecule has 0 saturated heterocycles. The summed E-state index contributed by atoms with van der Waals surface area (Å²) >= 11 is 0. The Labute approximate surface area is 226 Å². The van der Waals surface area contributed by atoms with Crippen molar-refractivity contribution in [2.75, 3.05) is 20.1 Å². The summed E-state index contributed by atoms with van der Waals surface area (Å²) in [4.78, 5) is 28.9. The lowest BCUT2D eigenvalue weighted by molar-refractivity contribution is -0.141. The van der Waals surface area contributed by atoms with Gasteiger partial charge in [-0.25, -0.2) is 8.42 Å². The fourth-order valence-electron chi connectivity index (χ4n) is 4.15. The molecule has 0 spiro atoms. The highest BCUT2D eigenvalue weighted by Crippen LogP contribution is 2.19. The molecule has 0 bridgehead atoms.